The predicted molar refractivity (Wildman–Crippen MR) is 66.2 cm³/mol. The Morgan fingerprint density at radius 3 is 2.63 bits per heavy atom. The number of hydrogen-bond donors (Lipinski definition) is 0. The molecule has 1 aromatic carbocycles. The normalized spacial score (nSPS) is 15.4. The van der Waals surface area contributed by atoms with Gasteiger partial charge in [0.05, 0.1) is 17.7 Å². The molecule has 0 aliphatic carbocycles. The van der Waals surface area contributed by atoms with Gasteiger partial charge in [-0.1, -0.05) is 15.9 Å². The second-order valence-electron chi connectivity index (χ2n) is 3.76. The summed E-state index contributed by atoms with van der Waals surface area (Å²) in [6.07, 6.45) is -2.42. The van der Waals surface area contributed by atoms with Gasteiger partial charge in [-0.15, -0.1) is 0 Å². The second-order valence-corrected chi connectivity index (χ2v) is 4.67. The number of rotatable bonds is 3. The molecule has 100 valence electrons. The van der Waals surface area contributed by atoms with E-state index in [2.05, 4.69) is 20.7 Å². The molecule has 0 N–H and O–H groups in total. The number of fused-ring (bicyclic) bond motifs is 1. The van der Waals surface area contributed by atoms with Gasteiger partial charge in [0, 0.05) is 4.47 Å². The summed E-state index contributed by atoms with van der Waals surface area (Å²) in [6.45, 7) is 1.47. The topological polar surface area (TPSA) is 63.7 Å². The molecule has 19 heavy (non-hydrogen) atoms. The molecule has 0 fully saturated rings. The second kappa shape index (κ2) is 5.08. The Bertz CT molecular complexity index is 575. The standard InChI is InChI=1S/C12H9BrFNO4/c1-2-19-12(18)9(14)15-10(16)7-4-3-6(13)5-8(7)11(15)17/h3-5,9H,2H2,1H3. The minimum absolute atomic E-state index is 0.0338. The van der Waals surface area contributed by atoms with Crippen LogP contribution in [-0.2, 0) is 9.53 Å². The van der Waals surface area contributed by atoms with Crippen molar-refractivity contribution in [2.24, 2.45) is 0 Å². The smallest absolute Gasteiger partial charge is 0.362 e. The zero-order chi connectivity index (χ0) is 14.2. The van der Waals surface area contributed by atoms with Crippen molar-refractivity contribution in [2.75, 3.05) is 6.61 Å². The van der Waals surface area contributed by atoms with Gasteiger partial charge in [-0.2, -0.15) is 0 Å². The largest absolute Gasteiger partial charge is 0.462 e. The van der Waals surface area contributed by atoms with Gasteiger partial charge in [0.1, 0.15) is 0 Å². The maximum absolute atomic E-state index is 13.9. The first-order chi connectivity index (χ1) is 8.97. The summed E-state index contributed by atoms with van der Waals surface area (Å²) in [5, 5.41) is 0. The Kier molecular flexibility index (Phi) is 3.66. The Morgan fingerprint density at radius 2 is 2.00 bits per heavy atom. The van der Waals surface area contributed by atoms with Gasteiger partial charge < -0.3 is 4.74 Å². The van der Waals surface area contributed by atoms with E-state index in [0.29, 0.717) is 4.47 Å². The lowest BCUT2D eigenvalue weighted by Gasteiger charge is -2.17. The third-order valence-electron chi connectivity index (χ3n) is 2.59. The zero-order valence-corrected chi connectivity index (χ0v) is 11.4. The molecule has 0 aromatic heterocycles. The van der Waals surface area contributed by atoms with Crippen LogP contribution in [0.15, 0.2) is 22.7 Å². The first-order valence-electron chi connectivity index (χ1n) is 5.45. The molecule has 1 aromatic rings. The third kappa shape index (κ3) is 2.25. The minimum Gasteiger partial charge on any atom is -0.462 e. The van der Waals surface area contributed by atoms with E-state index in [4.69, 9.17) is 0 Å². The maximum atomic E-state index is 13.9. The number of hydrogen-bond acceptors (Lipinski definition) is 4. The number of imide groups is 1. The van der Waals surface area contributed by atoms with E-state index < -0.39 is 24.1 Å². The first-order valence-corrected chi connectivity index (χ1v) is 6.24. The SMILES string of the molecule is CCOC(=O)C(F)N1C(=O)c2ccc(Br)cc2C1=O. The molecule has 0 saturated heterocycles. The number of ether oxygens (including phenoxy) is 1. The summed E-state index contributed by atoms with van der Waals surface area (Å²) in [4.78, 5) is 35.4. The molecule has 1 unspecified atom stereocenters. The molecule has 0 bridgehead atoms. The van der Waals surface area contributed by atoms with Crippen LogP contribution >= 0.6 is 15.9 Å². The zero-order valence-electron chi connectivity index (χ0n) is 9.85. The fraction of sp³-hybridized carbons (Fsp3) is 0.250. The Labute approximate surface area is 116 Å². The molecular weight excluding hydrogens is 321 g/mol. The molecule has 7 heteroatoms. The molecule has 2 rings (SSSR count). The van der Waals surface area contributed by atoms with Gasteiger partial charge in [0.25, 0.3) is 18.1 Å². The van der Waals surface area contributed by atoms with Crippen LogP contribution in [0.5, 0.6) is 0 Å². The Balaban J connectivity index is 2.35. The highest BCUT2D eigenvalue weighted by Gasteiger charge is 2.43. The van der Waals surface area contributed by atoms with E-state index in [-0.39, 0.29) is 22.6 Å². The highest BCUT2D eigenvalue weighted by Crippen LogP contribution is 2.28. The van der Waals surface area contributed by atoms with Crippen LogP contribution < -0.4 is 0 Å². The lowest BCUT2D eigenvalue weighted by molar-refractivity contribution is -0.153. The molecule has 1 aliphatic rings. The number of amides is 2. The molecule has 5 nitrogen and oxygen atoms in total. The van der Waals surface area contributed by atoms with Crippen LogP contribution in [0.2, 0.25) is 0 Å². The molecule has 1 atom stereocenters. The summed E-state index contributed by atoms with van der Waals surface area (Å²) in [7, 11) is 0. The quantitative estimate of drug-likeness (QED) is 0.482. The van der Waals surface area contributed by atoms with Crippen LogP contribution in [0.3, 0.4) is 0 Å². The van der Waals surface area contributed by atoms with Crippen LogP contribution in [0, 0.1) is 0 Å². The van der Waals surface area contributed by atoms with Crippen LogP contribution in [0.1, 0.15) is 27.6 Å². The maximum Gasteiger partial charge on any atom is 0.362 e. The van der Waals surface area contributed by atoms with Gasteiger partial charge in [-0.3, -0.25) is 9.59 Å². The fourth-order valence-electron chi connectivity index (χ4n) is 1.75. The average molecular weight is 330 g/mol. The number of halogens is 2. The molecular formula is C12H9BrFNO4. The van der Waals surface area contributed by atoms with Crippen molar-refractivity contribution in [1.82, 2.24) is 4.90 Å². The van der Waals surface area contributed by atoms with Crippen molar-refractivity contribution < 1.29 is 23.5 Å². The van der Waals surface area contributed by atoms with E-state index in [1.165, 1.54) is 19.1 Å². The molecule has 0 radical (unpaired) electrons. The highest BCUT2D eigenvalue weighted by molar-refractivity contribution is 9.10. The third-order valence-corrected chi connectivity index (χ3v) is 3.08. The van der Waals surface area contributed by atoms with E-state index in [9.17, 15) is 18.8 Å². The fourth-order valence-corrected chi connectivity index (χ4v) is 2.12. The lowest BCUT2D eigenvalue weighted by Crippen LogP contribution is -2.42. The number of carbonyl (C=O) groups excluding carboxylic acids is 3. The van der Waals surface area contributed by atoms with Gasteiger partial charge in [0.2, 0.25) is 0 Å². The summed E-state index contributed by atoms with van der Waals surface area (Å²) < 4.78 is 18.9. The highest BCUT2D eigenvalue weighted by atomic mass is 79.9. The first kappa shape index (κ1) is 13.7. The van der Waals surface area contributed by atoms with Crippen LogP contribution in [-0.4, -0.2) is 35.6 Å². The predicted octanol–water partition coefficient (Wildman–Crippen LogP) is 1.90. The van der Waals surface area contributed by atoms with Crippen LogP contribution in [0.25, 0.3) is 0 Å². The molecule has 0 spiro atoms. The van der Waals surface area contributed by atoms with Gasteiger partial charge in [-0.05, 0) is 25.1 Å². The number of nitrogens with zero attached hydrogens (tertiary/aromatic N) is 1. The molecule has 1 heterocycles. The average Bonchev–Trinajstić information content (AvgIpc) is 2.61. The number of carbonyl (C=O) groups is 3. The Morgan fingerprint density at radius 1 is 1.37 bits per heavy atom. The summed E-state index contributed by atoms with van der Waals surface area (Å²) in [5.41, 5.74) is 0.131. The van der Waals surface area contributed by atoms with Crippen molar-refractivity contribution >= 4 is 33.7 Å². The molecule has 2 amide bonds. The van der Waals surface area contributed by atoms with Gasteiger partial charge >= 0.3 is 5.97 Å². The number of benzene rings is 1. The van der Waals surface area contributed by atoms with Crippen molar-refractivity contribution in [3.63, 3.8) is 0 Å². The monoisotopic (exact) mass is 329 g/mol. The minimum atomic E-state index is -2.42. The summed E-state index contributed by atoms with van der Waals surface area (Å²) >= 11 is 3.16. The number of alkyl halides is 1. The van der Waals surface area contributed by atoms with Crippen molar-refractivity contribution in [3.8, 4) is 0 Å². The van der Waals surface area contributed by atoms with Gasteiger partial charge in [0.15, 0.2) is 0 Å². The lowest BCUT2D eigenvalue weighted by atomic mass is 10.1. The van der Waals surface area contributed by atoms with Crippen molar-refractivity contribution in [2.45, 2.75) is 13.2 Å². The van der Waals surface area contributed by atoms with Crippen molar-refractivity contribution in [3.05, 3.63) is 33.8 Å². The van der Waals surface area contributed by atoms with E-state index >= 15 is 0 Å². The van der Waals surface area contributed by atoms with E-state index in [0.717, 1.165) is 0 Å². The van der Waals surface area contributed by atoms with Crippen molar-refractivity contribution in [1.29, 1.82) is 0 Å². The summed E-state index contributed by atoms with van der Waals surface area (Å²) in [6, 6.07) is 4.37. The van der Waals surface area contributed by atoms with E-state index in [1.54, 1.807) is 6.07 Å². The van der Waals surface area contributed by atoms with Crippen LogP contribution in [0.4, 0.5) is 4.39 Å². The summed E-state index contributed by atoms with van der Waals surface area (Å²) in [5.74, 6) is -2.94. The number of esters is 1. The van der Waals surface area contributed by atoms with Gasteiger partial charge in [-0.25, -0.2) is 14.1 Å². The molecule has 0 saturated carbocycles. The molecule has 1 aliphatic heterocycles. The Hall–Kier alpha value is -1.76. The van der Waals surface area contributed by atoms with E-state index in [1.807, 2.05) is 0 Å².